The number of carbonyl (C=O) groups excluding carboxylic acids is 1. The lowest BCUT2D eigenvalue weighted by molar-refractivity contribution is 0.0874. The van der Waals surface area contributed by atoms with E-state index >= 15 is 0 Å². The third-order valence-electron chi connectivity index (χ3n) is 3.41. The van der Waals surface area contributed by atoms with Gasteiger partial charge in [0.05, 0.1) is 6.10 Å². The number of benzene rings is 1. The summed E-state index contributed by atoms with van der Waals surface area (Å²) in [5.74, 6) is -0.185. The van der Waals surface area contributed by atoms with Crippen molar-refractivity contribution in [1.29, 1.82) is 0 Å². The standard InChI is InChI=1S/C14H18FNO2/c15-12-6-4-11(5-7-12)14(18)16-9-10-2-1-3-13(17)8-10/h4-7,10,13,17H,1-3,8-9H2,(H,16,18). The third kappa shape index (κ3) is 3.53. The van der Waals surface area contributed by atoms with Crippen molar-refractivity contribution in [3.8, 4) is 0 Å². The topological polar surface area (TPSA) is 49.3 Å². The summed E-state index contributed by atoms with van der Waals surface area (Å²) in [4.78, 5) is 11.8. The molecule has 18 heavy (non-hydrogen) atoms. The Kier molecular flexibility index (Phi) is 4.31. The largest absolute Gasteiger partial charge is 0.393 e. The second kappa shape index (κ2) is 5.96. The van der Waals surface area contributed by atoms with Crippen LogP contribution in [0.1, 0.15) is 36.0 Å². The number of hydrogen-bond donors (Lipinski definition) is 2. The van der Waals surface area contributed by atoms with Gasteiger partial charge in [0.15, 0.2) is 0 Å². The summed E-state index contributed by atoms with van der Waals surface area (Å²) in [6.45, 7) is 0.577. The van der Waals surface area contributed by atoms with E-state index in [2.05, 4.69) is 5.32 Å². The van der Waals surface area contributed by atoms with Gasteiger partial charge in [0.25, 0.3) is 5.91 Å². The molecule has 2 rings (SSSR count). The van der Waals surface area contributed by atoms with Crippen molar-refractivity contribution in [2.24, 2.45) is 5.92 Å². The molecule has 0 heterocycles. The van der Waals surface area contributed by atoms with Crippen molar-refractivity contribution in [1.82, 2.24) is 5.32 Å². The Hall–Kier alpha value is -1.42. The molecule has 0 saturated heterocycles. The van der Waals surface area contributed by atoms with Crippen LogP contribution in [-0.2, 0) is 0 Å². The molecule has 1 aliphatic rings. The van der Waals surface area contributed by atoms with Crippen molar-refractivity contribution in [3.05, 3.63) is 35.6 Å². The maximum Gasteiger partial charge on any atom is 0.251 e. The van der Waals surface area contributed by atoms with E-state index in [9.17, 15) is 14.3 Å². The van der Waals surface area contributed by atoms with Crippen LogP contribution in [0.25, 0.3) is 0 Å². The van der Waals surface area contributed by atoms with Gasteiger partial charge in [-0.15, -0.1) is 0 Å². The quantitative estimate of drug-likeness (QED) is 0.864. The number of rotatable bonds is 3. The maximum atomic E-state index is 12.7. The van der Waals surface area contributed by atoms with Gasteiger partial charge < -0.3 is 10.4 Å². The van der Waals surface area contributed by atoms with Gasteiger partial charge in [0, 0.05) is 12.1 Å². The Labute approximate surface area is 106 Å². The van der Waals surface area contributed by atoms with Gasteiger partial charge in [-0.2, -0.15) is 0 Å². The summed E-state index contributed by atoms with van der Waals surface area (Å²) in [7, 11) is 0. The van der Waals surface area contributed by atoms with Crippen molar-refractivity contribution >= 4 is 5.91 Å². The van der Waals surface area contributed by atoms with E-state index in [1.807, 2.05) is 0 Å². The predicted molar refractivity (Wildman–Crippen MR) is 66.7 cm³/mol. The number of aliphatic hydroxyl groups is 1. The molecule has 0 bridgehead atoms. The molecule has 2 unspecified atom stereocenters. The first-order valence-corrected chi connectivity index (χ1v) is 6.37. The molecule has 0 spiro atoms. The van der Waals surface area contributed by atoms with E-state index in [1.165, 1.54) is 24.3 Å². The van der Waals surface area contributed by atoms with Crippen LogP contribution in [0.15, 0.2) is 24.3 Å². The molecule has 1 fully saturated rings. The van der Waals surface area contributed by atoms with Gasteiger partial charge in [0.1, 0.15) is 5.82 Å². The van der Waals surface area contributed by atoms with Crippen LogP contribution in [0.3, 0.4) is 0 Å². The monoisotopic (exact) mass is 251 g/mol. The first kappa shape index (κ1) is 13.0. The number of aliphatic hydroxyl groups excluding tert-OH is 1. The normalized spacial score (nSPS) is 23.7. The van der Waals surface area contributed by atoms with Crippen LogP contribution in [0.2, 0.25) is 0 Å². The lowest BCUT2D eigenvalue weighted by Gasteiger charge is -2.25. The van der Waals surface area contributed by atoms with Crippen LogP contribution >= 0.6 is 0 Å². The number of halogens is 1. The van der Waals surface area contributed by atoms with E-state index in [0.717, 1.165) is 25.7 Å². The maximum absolute atomic E-state index is 12.7. The number of nitrogens with one attached hydrogen (secondary N) is 1. The van der Waals surface area contributed by atoms with Crippen LogP contribution in [0.4, 0.5) is 4.39 Å². The van der Waals surface area contributed by atoms with E-state index in [4.69, 9.17) is 0 Å². The fourth-order valence-electron chi connectivity index (χ4n) is 2.39. The lowest BCUT2D eigenvalue weighted by Crippen LogP contribution is -2.32. The highest BCUT2D eigenvalue weighted by Gasteiger charge is 2.20. The SMILES string of the molecule is O=C(NCC1CCCC(O)C1)c1ccc(F)cc1. The van der Waals surface area contributed by atoms with Gasteiger partial charge >= 0.3 is 0 Å². The Morgan fingerprint density at radius 1 is 1.33 bits per heavy atom. The van der Waals surface area contributed by atoms with Gasteiger partial charge in [-0.25, -0.2) is 4.39 Å². The Balaban J connectivity index is 1.82. The minimum absolute atomic E-state index is 0.185. The molecule has 98 valence electrons. The molecule has 1 aliphatic carbocycles. The molecule has 2 N–H and O–H groups in total. The zero-order valence-corrected chi connectivity index (χ0v) is 10.2. The summed E-state index contributed by atoms with van der Waals surface area (Å²) >= 11 is 0. The molecule has 0 aliphatic heterocycles. The van der Waals surface area contributed by atoms with Crippen LogP contribution in [0.5, 0.6) is 0 Å². The van der Waals surface area contributed by atoms with Crippen molar-refractivity contribution in [2.75, 3.05) is 6.54 Å². The Morgan fingerprint density at radius 3 is 2.72 bits per heavy atom. The highest BCUT2D eigenvalue weighted by atomic mass is 19.1. The molecule has 4 heteroatoms. The summed E-state index contributed by atoms with van der Waals surface area (Å²) in [5, 5.41) is 12.4. The molecule has 0 aromatic heterocycles. The Bertz CT molecular complexity index is 405. The minimum Gasteiger partial charge on any atom is -0.393 e. The molecular formula is C14H18FNO2. The molecule has 1 aromatic rings. The molecule has 1 amide bonds. The van der Waals surface area contributed by atoms with E-state index < -0.39 is 0 Å². The fourth-order valence-corrected chi connectivity index (χ4v) is 2.39. The zero-order valence-electron chi connectivity index (χ0n) is 10.2. The predicted octanol–water partition coefficient (Wildman–Crippen LogP) is 2.11. The average Bonchev–Trinajstić information content (AvgIpc) is 2.37. The second-order valence-electron chi connectivity index (χ2n) is 4.90. The van der Waals surface area contributed by atoms with Crippen molar-refractivity contribution < 1.29 is 14.3 Å². The number of carbonyl (C=O) groups is 1. The average molecular weight is 251 g/mol. The van der Waals surface area contributed by atoms with Gasteiger partial charge in [0.2, 0.25) is 0 Å². The summed E-state index contributed by atoms with van der Waals surface area (Å²) in [6.07, 6.45) is 3.44. The summed E-state index contributed by atoms with van der Waals surface area (Å²) in [6, 6.07) is 5.50. The number of amides is 1. The van der Waals surface area contributed by atoms with E-state index in [0.29, 0.717) is 18.0 Å². The summed E-state index contributed by atoms with van der Waals surface area (Å²) in [5.41, 5.74) is 0.466. The highest BCUT2D eigenvalue weighted by Crippen LogP contribution is 2.23. The van der Waals surface area contributed by atoms with Crippen molar-refractivity contribution in [3.63, 3.8) is 0 Å². The molecule has 3 nitrogen and oxygen atoms in total. The van der Waals surface area contributed by atoms with Gasteiger partial charge in [-0.1, -0.05) is 6.42 Å². The molecule has 2 atom stereocenters. The molecule has 0 radical (unpaired) electrons. The Morgan fingerprint density at radius 2 is 2.06 bits per heavy atom. The van der Waals surface area contributed by atoms with Gasteiger partial charge in [-0.3, -0.25) is 4.79 Å². The van der Waals surface area contributed by atoms with Crippen LogP contribution in [-0.4, -0.2) is 23.7 Å². The molecule has 1 aromatic carbocycles. The smallest absolute Gasteiger partial charge is 0.251 e. The van der Waals surface area contributed by atoms with E-state index in [1.54, 1.807) is 0 Å². The fraction of sp³-hybridized carbons (Fsp3) is 0.500. The zero-order chi connectivity index (χ0) is 13.0. The van der Waals surface area contributed by atoms with Crippen LogP contribution < -0.4 is 5.32 Å². The van der Waals surface area contributed by atoms with Crippen molar-refractivity contribution in [2.45, 2.75) is 31.8 Å². The van der Waals surface area contributed by atoms with Gasteiger partial charge in [-0.05, 0) is 49.4 Å². The minimum atomic E-state index is -0.345. The lowest BCUT2D eigenvalue weighted by atomic mass is 9.87. The van der Waals surface area contributed by atoms with E-state index in [-0.39, 0.29) is 17.8 Å². The number of hydrogen-bond acceptors (Lipinski definition) is 2. The second-order valence-corrected chi connectivity index (χ2v) is 4.90. The first-order chi connectivity index (χ1) is 8.65. The third-order valence-corrected chi connectivity index (χ3v) is 3.41. The summed E-state index contributed by atoms with van der Waals surface area (Å²) < 4.78 is 12.7. The molecular weight excluding hydrogens is 233 g/mol. The first-order valence-electron chi connectivity index (χ1n) is 6.37. The molecule has 1 saturated carbocycles. The highest BCUT2D eigenvalue weighted by molar-refractivity contribution is 5.94. The van der Waals surface area contributed by atoms with Crippen LogP contribution in [0, 0.1) is 11.7 Å².